The first-order valence-corrected chi connectivity index (χ1v) is 8.52. The highest BCUT2D eigenvalue weighted by Crippen LogP contribution is 2.23. The maximum Gasteiger partial charge on any atom is 0.175 e. The van der Waals surface area contributed by atoms with Gasteiger partial charge >= 0.3 is 0 Å². The molecule has 3 nitrogen and oxygen atoms in total. The van der Waals surface area contributed by atoms with E-state index in [0.29, 0.717) is 9.90 Å². The molecule has 0 aliphatic rings. The van der Waals surface area contributed by atoms with Crippen LogP contribution in [0.1, 0.15) is 15.2 Å². The first-order chi connectivity index (χ1) is 8.86. The number of thiophene rings is 1. The SMILES string of the molecule is CS(=O)(=O)c1ccc(C(=O)Cc2ccc(Cl)s2)cc1. The number of hydrogen-bond acceptors (Lipinski definition) is 4. The molecule has 0 amide bonds. The van der Waals surface area contributed by atoms with E-state index in [2.05, 4.69) is 0 Å². The number of ketones is 1. The largest absolute Gasteiger partial charge is 0.294 e. The molecule has 0 spiro atoms. The average Bonchev–Trinajstić information content (AvgIpc) is 2.74. The van der Waals surface area contributed by atoms with Gasteiger partial charge in [0.25, 0.3) is 0 Å². The van der Waals surface area contributed by atoms with Gasteiger partial charge in [0.2, 0.25) is 0 Å². The molecule has 2 aromatic rings. The fourth-order valence-electron chi connectivity index (χ4n) is 1.60. The van der Waals surface area contributed by atoms with Crippen LogP contribution in [0.25, 0.3) is 0 Å². The summed E-state index contributed by atoms with van der Waals surface area (Å²) in [4.78, 5) is 13.1. The summed E-state index contributed by atoms with van der Waals surface area (Å²) < 4.78 is 23.3. The van der Waals surface area contributed by atoms with Crippen LogP contribution in [0, 0.1) is 0 Å². The van der Waals surface area contributed by atoms with E-state index in [0.717, 1.165) is 11.1 Å². The van der Waals surface area contributed by atoms with Crippen LogP contribution in [0.3, 0.4) is 0 Å². The number of rotatable bonds is 4. The highest BCUT2D eigenvalue weighted by atomic mass is 35.5. The lowest BCUT2D eigenvalue weighted by Gasteiger charge is -2.01. The van der Waals surface area contributed by atoms with Crippen molar-refractivity contribution in [3.8, 4) is 0 Å². The van der Waals surface area contributed by atoms with E-state index in [1.54, 1.807) is 6.07 Å². The first-order valence-electron chi connectivity index (χ1n) is 5.44. The Labute approximate surface area is 120 Å². The Hall–Kier alpha value is -1.17. The fourth-order valence-corrected chi connectivity index (χ4v) is 3.31. The Morgan fingerprint density at radius 3 is 2.26 bits per heavy atom. The highest BCUT2D eigenvalue weighted by Gasteiger charge is 2.11. The number of carbonyl (C=O) groups excluding carboxylic acids is 1. The molecule has 6 heteroatoms. The van der Waals surface area contributed by atoms with E-state index in [4.69, 9.17) is 11.6 Å². The number of Topliss-reactive ketones (excluding diaryl/α,β-unsaturated/α-hetero) is 1. The van der Waals surface area contributed by atoms with Crippen LogP contribution >= 0.6 is 22.9 Å². The van der Waals surface area contributed by atoms with Gasteiger partial charge in [0, 0.05) is 23.1 Å². The van der Waals surface area contributed by atoms with Crippen LogP contribution in [0.2, 0.25) is 4.34 Å². The van der Waals surface area contributed by atoms with Crippen molar-refractivity contribution < 1.29 is 13.2 Å². The second-order valence-corrected chi connectivity index (χ2v) is 7.92. The molecule has 1 aromatic heterocycles. The molecule has 1 heterocycles. The Morgan fingerprint density at radius 2 is 1.79 bits per heavy atom. The van der Waals surface area contributed by atoms with Gasteiger partial charge in [-0.15, -0.1) is 11.3 Å². The van der Waals surface area contributed by atoms with E-state index in [9.17, 15) is 13.2 Å². The molecule has 0 saturated carbocycles. The van der Waals surface area contributed by atoms with Gasteiger partial charge in [0.15, 0.2) is 15.6 Å². The summed E-state index contributed by atoms with van der Waals surface area (Å²) in [6.45, 7) is 0. The highest BCUT2D eigenvalue weighted by molar-refractivity contribution is 7.90. The minimum Gasteiger partial charge on any atom is -0.294 e. The van der Waals surface area contributed by atoms with Gasteiger partial charge in [0.05, 0.1) is 9.23 Å². The van der Waals surface area contributed by atoms with Gasteiger partial charge < -0.3 is 0 Å². The molecule has 0 radical (unpaired) electrons. The first kappa shape index (κ1) is 14.2. The number of carbonyl (C=O) groups is 1. The molecule has 0 saturated heterocycles. The Kier molecular flexibility index (Phi) is 4.08. The monoisotopic (exact) mass is 314 g/mol. The molecule has 0 N–H and O–H groups in total. The van der Waals surface area contributed by atoms with Crippen molar-refractivity contribution in [1.29, 1.82) is 0 Å². The van der Waals surface area contributed by atoms with E-state index in [-0.39, 0.29) is 17.1 Å². The summed E-state index contributed by atoms with van der Waals surface area (Å²) in [6.07, 6.45) is 1.41. The summed E-state index contributed by atoms with van der Waals surface area (Å²) in [6, 6.07) is 9.53. The summed E-state index contributed by atoms with van der Waals surface area (Å²) in [7, 11) is -3.23. The van der Waals surface area contributed by atoms with Crippen LogP contribution in [0.5, 0.6) is 0 Å². The quantitative estimate of drug-likeness (QED) is 0.814. The molecule has 0 unspecified atom stereocenters. The van der Waals surface area contributed by atoms with Crippen molar-refractivity contribution >= 4 is 38.6 Å². The molecular weight excluding hydrogens is 304 g/mol. The lowest BCUT2D eigenvalue weighted by atomic mass is 10.1. The van der Waals surface area contributed by atoms with Crippen LogP contribution < -0.4 is 0 Å². The van der Waals surface area contributed by atoms with Crippen molar-refractivity contribution in [2.75, 3.05) is 6.26 Å². The molecule has 19 heavy (non-hydrogen) atoms. The number of benzene rings is 1. The predicted octanol–water partition coefficient (Wildman–Crippen LogP) is 3.23. The lowest BCUT2D eigenvalue weighted by molar-refractivity contribution is 0.0993. The van der Waals surface area contributed by atoms with Crippen LogP contribution in [0.15, 0.2) is 41.3 Å². The molecule has 0 bridgehead atoms. The zero-order valence-corrected chi connectivity index (χ0v) is 12.5. The van der Waals surface area contributed by atoms with Crippen LogP contribution in [-0.4, -0.2) is 20.5 Å². The zero-order chi connectivity index (χ0) is 14.0. The number of hydrogen-bond donors (Lipinski definition) is 0. The van der Waals surface area contributed by atoms with E-state index in [1.165, 1.54) is 35.6 Å². The molecule has 0 aliphatic carbocycles. The third-order valence-electron chi connectivity index (χ3n) is 2.57. The normalized spacial score (nSPS) is 11.5. The van der Waals surface area contributed by atoms with Crippen molar-refractivity contribution in [2.45, 2.75) is 11.3 Å². The molecule has 100 valence electrons. The van der Waals surface area contributed by atoms with E-state index < -0.39 is 9.84 Å². The number of halogens is 1. The van der Waals surface area contributed by atoms with Gasteiger partial charge in [-0.25, -0.2) is 8.42 Å². The van der Waals surface area contributed by atoms with Crippen molar-refractivity contribution in [3.63, 3.8) is 0 Å². The second kappa shape index (κ2) is 5.45. The molecule has 0 atom stereocenters. The molecular formula is C13H11ClO3S2. The van der Waals surface area contributed by atoms with Gasteiger partial charge in [-0.2, -0.15) is 0 Å². The molecule has 0 aliphatic heterocycles. The van der Waals surface area contributed by atoms with Gasteiger partial charge in [-0.3, -0.25) is 4.79 Å². The average molecular weight is 315 g/mol. The fraction of sp³-hybridized carbons (Fsp3) is 0.154. The number of sulfone groups is 1. The van der Waals surface area contributed by atoms with E-state index in [1.807, 2.05) is 6.07 Å². The summed E-state index contributed by atoms with van der Waals surface area (Å²) in [5.74, 6) is -0.0569. The molecule has 2 rings (SSSR count). The maximum absolute atomic E-state index is 12.0. The third kappa shape index (κ3) is 3.65. The molecule has 1 aromatic carbocycles. The summed E-state index contributed by atoms with van der Waals surface area (Å²) in [5, 5.41) is 0. The van der Waals surface area contributed by atoms with Gasteiger partial charge in [-0.05, 0) is 24.3 Å². The third-order valence-corrected chi connectivity index (χ3v) is 4.93. The maximum atomic E-state index is 12.0. The lowest BCUT2D eigenvalue weighted by Crippen LogP contribution is -2.03. The predicted molar refractivity (Wildman–Crippen MR) is 76.9 cm³/mol. The Morgan fingerprint density at radius 1 is 1.16 bits per heavy atom. The smallest absolute Gasteiger partial charge is 0.175 e. The van der Waals surface area contributed by atoms with Crippen molar-refractivity contribution in [3.05, 3.63) is 51.2 Å². The van der Waals surface area contributed by atoms with Gasteiger partial charge in [-0.1, -0.05) is 23.7 Å². The molecule has 0 fully saturated rings. The standard InChI is InChI=1S/C13H11ClO3S2/c1-19(16,17)11-5-2-9(3-6-11)12(15)8-10-4-7-13(14)18-10/h2-7H,8H2,1H3. The minimum atomic E-state index is -3.23. The van der Waals surface area contributed by atoms with Crippen molar-refractivity contribution in [1.82, 2.24) is 0 Å². The second-order valence-electron chi connectivity index (χ2n) is 4.10. The minimum absolute atomic E-state index is 0.0569. The zero-order valence-electron chi connectivity index (χ0n) is 10.1. The Balaban J connectivity index is 2.16. The summed E-state index contributed by atoms with van der Waals surface area (Å²) in [5.41, 5.74) is 0.497. The van der Waals surface area contributed by atoms with Gasteiger partial charge in [0.1, 0.15) is 0 Å². The van der Waals surface area contributed by atoms with Crippen molar-refractivity contribution in [2.24, 2.45) is 0 Å². The van der Waals surface area contributed by atoms with Crippen LogP contribution in [0.4, 0.5) is 0 Å². The Bertz CT molecular complexity index is 700. The van der Waals surface area contributed by atoms with E-state index >= 15 is 0 Å². The van der Waals surface area contributed by atoms with Crippen LogP contribution in [-0.2, 0) is 16.3 Å². The summed E-state index contributed by atoms with van der Waals surface area (Å²) >= 11 is 7.17. The topological polar surface area (TPSA) is 51.2 Å².